The molecule has 0 aliphatic carbocycles. The summed E-state index contributed by atoms with van der Waals surface area (Å²) in [6, 6.07) is 9.07. The minimum absolute atomic E-state index is 0.0336. The fourth-order valence-electron chi connectivity index (χ4n) is 3.00. The molecule has 1 aliphatic rings. The molecule has 10 heteroatoms. The zero-order valence-corrected chi connectivity index (χ0v) is 21.7. The van der Waals surface area contributed by atoms with Gasteiger partial charge in [0.15, 0.2) is 24.7 Å². The maximum atomic E-state index is 15.7. The van der Waals surface area contributed by atoms with E-state index < -0.39 is 72.0 Å². The topological polar surface area (TPSA) is 97.4 Å². The van der Waals surface area contributed by atoms with E-state index in [9.17, 15) is 14.4 Å². The number of ether oxygens (including phenoxy) is 5. The van der Waals surface area contributed by atoms with Gasteiger partial charge in [-0.2, -0.15) is 0 Å². The van der Waals surface area contributed by atoms with Crippen molar-refractivity contribution in [1.29, 1.82) is 0 Å². The van der Waals surface area contributed by atoms with Crippen LogP contribution in [0.3, 0.4) is 0 Å². The van der Waals surface area contributed by atoms with E-state index in [4.69, 9.17) is 35.3 Å². The number of carbonyl (C=O) groups is 3. The van der Waals surface area contributed by atoms with Crippen molar-refractivity contribution in [3.05, 3.63) is 35.9 Å². The first-order valence-corrected chi connectivity index (χ1v) is 11.9. The molecule has 1 aromatic carbocycles. The molecule has 1 aliphatic heterocycles. The minimum atomic E-state index is -1.99. The van der Waals surface area contributed by atoms with Crippen LogP contribution in [0.1, 0.15) is 47.1 Å². The average Bonchev–Trinajstić information content (AvgIpc) is 2.78. The Morgan fingerprint density at radius 3 is 2.09 bits per heavy atom. The molecule has 1 saturated heterocycles. The van der Waals surface area contributed by atoms with Crippen LogP contribution in [0.4, 0.5) is 4.39 Å². The summed E-state index contributed by atoms with van der Waals surface area (Å²) < 4.78 is 43.3. The summed E-state index contributed by atoms with van der Waals surface area (Å²) in [6.45, 7) is 9.37. The Bertz CT molecular complexity index is 864. The molecule has 0 radical (unpaired) electrons. The number of alkyl halides is 2. The Kier molecular flexibility index (Phi) is 10.1. The fraction of sp³-hybridized carbons (Fsp3) is 0.640. The quantitative estimate of drug-likeness (QED) is 0.291. The molecule has 2 rings (SSSR count). The Morgan fingerprint density at radius 1 is 0.943 bits per heavy atom. The molecule has 0 bridgehead atoms. The van der Waals surface area contributed by atoms with Crippen molar-refractivity contribution in [1.82, 2.24) is 0 Å². The molecule has 0 unspecified atom stereocenters. The van der Waals surface area contributed by atoms with Crippen molar-refractivity contribution < 1.29 is 42.5 Å². The molecule has 1 heterocycles. The summed E-state index contributed by atoms with van der Waals surface area (Å²) in [7, 11) is 0. The van der Waals surface area contributed by atoms with Crippen molar-refractivity contribution in [2.24, 2.45) is 10.8 Å². The number of rotatable bonds is 8. The first kappa shape index (κ1) is 29.0. The van der Waals surface area contributed by atoms with Gasteiger partial charge in [0, 0.05) is 0 Å². The summed E-state index contributed by atoms with van der Waals surface area (Å²) in [5.41, 5.74) is -1.01. The van der Waals surface area contributed by atoms with E-state index in [1.54, 1.807) is 53.7 Å². The van der Waals surface area contributed by atoms with Gasteiger partial charge in [0.25, 0.3) is 0 Å². The molecule has 196 valence electrons. The van der Waals surface area contributed by atoms with E-state index in [2.05, 4.69) is 0 Å². The van der Waals surface area contributed by atoms with Gasteiger partial charge in [0.1, 0.15) is 18.6 Å². The Labute approximate surface area is 210 Å². The van der Waals surface area contributed by atoms with Gasteiger partial charge >= 0.3 is 17.9 Å². The zero-order chi connectivity index (χ0) is 26.4. The van der Waals surface area contributed by atoms with Gasteiger partial charge in [-0.25, -0.2) is 4.39 Å². The largest absolute Gasteiger partial charge is 0.462 e. The maximum absolute atomic E-state index is 15.7. The van der Waals surface area contributed by atoms with Gasteiger partial charge in [-0.1, -0.05) is 30.3 Å². The monoisotopic (exact) mass is 516 g/mol. The van der Waals surface area contributed by atoms with E-state index in [-0.39, 0.29) is 6.61 Å². The van der Waals surface area contributed by atoms with Crippen LogP contribution < -0.4 is 0 Å². The lowest BCUT2D eigenvalue weighted by atomic mass is 9.95. The lowest BCUT2D eigenvalue weighted by molar-refractivity contribution is -0.301. The molecule has 0 N–H and O–H groups in total. The van der Waals surface area contributed by atoms with E-state index in [0.717, 1.165) is 5.56 Å². The third-order valence-electron chi connectivity index (χ3n) is 5.05. The molecule has 0 aromatic heterocycles. The summed E-state index contributed by atoms with van der Waals surface area (Å²) in [5.74, 6) is -2.65. The molecule has 1 fully saturated rings. The fourth-order valence-corrected chi connectivity index (χ4v) is 3.07. The lowest BCUT2D eigenvalue weighted by Crippen LogP contribution is -2.61. The van der Waals surface area contributed by atoms with Gasteiger partial charge in [0.05, 0.1) is 17.4 Å². The highest BCUT2D eigenvalue weighted by Crippen LogP contribution is 2.32. The Morgan fingerprint density at radius 2 is 1.54 bits per heavy atom. The minimum Gasteiger partial charge on any atom is -0.462 e. The highest BCUT2D eigenvalue weighted by atomic mass is 35.5. The van der Waals surface area contributed by atoms with Gasteiger partial charge in [-0.05, 0) is 47.1 Å². The molecule has 0 spiro atoms. The number of benzene rings is 1. The summed E-state index contributed by atoms with van der Waals surface area (Å²) in [6.07, 6.45) is -7.68. The van der Waals surface area contributed by atoms with Crippen LogP contribution >= 0.6 is 11.6 Å². The number of hydrogen-bond acceptors (Lipinski definition) is 8. The highest BCUT2D eigenvalue weighted by molar-refractivity contribution is 6.26. The Hall–Kier alpha value is -2.23. The SMILES string of the molecule is CC(C)(C)C(=O)OC[C@H]1O[C@@H](OCc2ccccc2)[C@H](OC(=O)CCl)[C@@H](OC(=O)C(C)(C)C)[C@@H]1F. The molecule has 0 saturated carbocycles. The number of halogens is 2. The van der Waals surface area contributed by atoms with Crippen LogP contribution in [0.25, 0.3) is 0 Å². The van der Waals surface area contributed by atoms with Gasteiger partial charge in [0.2, 0.25) is 0 Å². The summed E-state index contributed by atoms with van der Waals surface area (Å²) >= 11 is 5.60. The molecule has 8 nitrogen and oxygen atoms in total. The van der Waals surface area contributed by atoms with Crippen LogP contribution in [0.2, 0.25) is 0 Å². The first-order chi connectivity index (χ1) is 16.2. The van der Waals surface area contributed by atoms with E-state index >= 15 is 4.39 Å². The predicted molar refractivity (Wildman–Crippen MR) is 125 cm³/mol. The normalized spacial score (nSPS) is 25.0. The molecular weight excluding hydrogens is 483 g/mol. The second kappa shape index (κ2) is 12.1. The van der Waals surface area contributed by atoms with Crippen molar-refractivity contribution in [2.75, 3.05) is 12.5 Å². The van der Waals surface area contributed by atoms with Crippen molar-refractivity contribution in [2.45, 2.75) is 78.9 Å². The van der Waals surface area contributed by atoms with Crippen molar-refractivity contribution in [3.8, 4) is 0 Å². The second-order valence-corrected chi connectivity index (χ2v) is 10.6. The molecule has 1 aromatic rings. The van der Waals surface area contributed by atoms with E-state index in [1.807, 2.05) is 18.2 Å². The lowest BCUT2D eigenvalue weighted by Gasteiger charge is -2.42. The van der Waals surface area contributed by atoms with Crippen LogP contribution in [-0.2, 0) is 44.7 Å². The van der Waals surface area contributed by atoms with Crippen molar-refractivity contribution in [3.63, 3.8) is 0 Å². The molecular formula is C25H34ClFO8. The van der Waals surface area contributed by atoms with Crippen LogP contribution in [0.15, 0.2) is 30.3 Å². The third-order valence-corrected chi connectivity index (χ3v) is 5.27. The number of carbonyl (C=O) groups excluding carboxylic acids is 3. The van der Waals surface area contributed by atoms with E-state index in [1.165, 1.54) is 0 Å². The number of esters is 3. The van der Waals surface area contributed by atoms with Gasteiger partial charge in [-0.3, -0.25) is 14.4 Å². The van der Waals surface area contributed by atoms with Crippen molar-refractivity contribution >= 4 is 29.5 Å². The van der Waals surface area contributed by atoms with Crippen LogP contribution in [0.5, 0.6) is 0 Å². The summed E-state index contributed by atoms with van der Waals surface area (Å²) in [5, 5.41) is 0. The maximum Gasteiger partial charge on any atom is 0.321 e. The molecule has 0 amide bonds. The van der Waals surface area contributed by atoms with Crippen LogP contribution in [0, 0.1) is 10.8 Å². The van der Waals surface area contributed by atoms with Gasteiger partial charge < -0.3 is 23.7 Å². The number of hydrogen-bond donors (Lipinski definition) is 0. The van der Waals surface area contributed by atoms with E-state index in [0.29, 0.717) is 0 Å². The highest BCUT2D eigenvalue weighted by Gasteiger charge is 2.52. The van der Waals surface area contributed by atoms with Crippen LogP contribution in [-0.4, -0.2) is 61.2 Å². The molecule has 5 atom stereocenters. The summed E-state index contributed by atoms with van der Waals surface area (Å²) in [4.78, 5) is 36.9. The first-order valence-electron chi connectivity index (χ1n) is 11.3. The van der Waals surface area contributed by atoms with Gasteiger partial charge in [-0.15, -0.1) is 11.6 Å². The average molecular weight is 517 g/mol. The zero-order valence-electron chi connectivity index (χ0n) is 20.9. The predicted octanol–water partition coefficient (Wildman–Crippen LogP) is 3.96. The second-order valence-electron chi connectivity index (χ2n) is 10.3. The molecule has 35 heavy (non-hydrogen) atoms. The third kappa shape index (κ3) is 8.44. The smallest absolute Gasteiger partial charge is 0.321 e. The Balaban J connectivity index is 2.33. The standard InChI is InChI=1S/C25H34ClFO8/c1-24(2,3)22(29)32-14-16-18(27)19(35-23(30)25(4,5)6)20(34-17(28)12-26)21(33-16)31-13-15-10-8-7-9-11-15/h7-11,16,18-21H,12-14H2,1-6H3/t16-,18-,19+,20-,21-/m1/s1.